The van der Waals surface area contributed by atoms with E-state index in [-0.39, 0.29) is 12.4 Å². The lowest BCUT2D eigenvalue weighted by atomic mass is 10.1. The smallest absolute Gasteiger partial charge is 0.309 e. The quantitative estimate of drug-likeness (QED) is 0.192. The number of nitrogens with zero attached hydrogens (tertiary/aromatic N) is 2. The van der Waals surface area contributed by atoms with Gasteiger partial charge in [0.1, 0.15) is 23.2 Å². The van der Waals surface area contributed by atoms with Gasteiger partial charge in [0.05, 0.1) is 31.5 Å². The van der Waals surface area contributed by atoms with Gasteiger partial charge in [0.25, 0.3) is 0 Å². The van der Waals surface area contributed by atoms with Crippen LogP contribution in [0.5, 0.6) is 5.75 Å². The largest absolute Gasteiger partial charge is 0.487 e. The molecule has 174 valence electrons. The maximum Gasteiger partial charge on any atom is 0.309 e. The van der Waals surface area contributed by atoms with Crippen molar-refractivity contribution < 1.29 is 19.1 Å². The number of methoxy groups -OCH3 is 1. The predicted octanol–water partition coefficient (Wildman–Crippen LogP) is 5.19. The van der Waals surface area contributed by atoms with Crippen LogP contribution in [-0.2, 0) is 27.6 Å². The maximum atomic E-state index is 11.5. The van der Waals surface area contributed by atoms with E-state index < -0.39 is 0 Å². The van der Waals surface area contributed by atoms with Crippen LogP contribution < -0.4 is 10.2 Å². The summed E-state index contributed by atoms with van der Waals surface area (Å²) in [7, 11) is 1.36. The zero-order chi connectivity index (χ0) is 23.8. The Balaban J connectivity index is 1.31. The van der Waals surface area contributed by atoms with Crippen molar-refractivity contribution in [2.75, 3.05) is 7.11 Å². The summed E-state index contributed by atoms with van der Waals surface area (Å²) in [6.07, 6.45) is 3.75. The van der Waals surface area contributed by atoms with E-state index in [1.54, 1.807) is 6.08 Å². The minimum atomic E-state index is -0.322. The predicted molar refractivity (Wildman–Crippen MR) is 130 cm³/mol. The van der Waals surface area contributed by atoms with Gasteiger partial charge in [-0.05, 0) is 41.5 Å². The molecule has 4 aromatic rings. The minimum absolute atomic E-state index is 0.141. The number of carbonyl (C=O) groups is 1. The topological polar surface area (TPSA) is 74.1 Å². The van der Waals surface area contributed by atoms with E-state index in [4.69, 9.17) is 25.9 Å². The number of halogens is 1. The average Bonchev–Trinajstić information content (AvgIpc) is 3.30. The number of rotatable bonds is 10. The number of fused-ring (bicyclic) bond motifs is 1. The summed E-state index contributed by atoms with van der Waals surface area (Å²) in [6.45, 7) is 0.661. The summed E-state index contributed by atoms with van der Waals surface area (Å²) in [6, 6.07) is 22.8. The van der Waals surface area contributed by atoms with E-state index in [1.165, 1.54) is 7.11 Å². The first kappa shape index (κ1) is 23.4. The fourth-order valence-corrected chi connectivity index (χ4v) is 3.45. The van der Waals surface area contributed by atoms with E-state index in [0.717, 1.165) is 28.2 Å². The maximum absolute atomic E-state index is 11.5. The van der Waals surface area contributed by atoms with Crippen molar-refractivity contribution in [2.24, 2.45) is 0 Å². The second-order valence-electron chi connectivity index (χ2n) is 7.40. The molecule has 2 heterocycles. The van der Waals surface area contributed by atoms with Gasteiger partial charge in [-0.1, -0.05) is 60.1 Å². The Bertz CT molecular complexity index is 1270. The number of esters is 1. The first-order valence-electron chi connectivity index (χ1n) is 10.7. The molecule has 0 fully saturated rings. The lowest BCUT2D eigenvalue weighted by Crippen LogP contribution is -2.14. The summed E-state index contributed by atoms with van der Waals surface area (Å²) in [4.78, 5) is 21.7. The first-order chi connectivity index (χ1) is 16.6. The number of hydrogen-bond donors (Lipinski definition) is 1. The van der Waals surface area contributed by atoms with E-state index >= 15 is 0 Å². The Kier molecular flexibility index (Phi) is 7.80. The van der Waals surface area contributed by atoms with Crippen LogP contribution in [0.15, 0.2) is 85.1 Å². The molecule has 0 bridgehead atoms. The molecule has 0 atom stereocenters. The molecule has 34 heavy (non-hydrogen) atoms. The molecular weight excluding hydrogens is 454 g/mol. The Morgan fingerprint density at radius 1 is 1.03 bits per heavy atom. The van der Waals surface area contributed by atoms with Crippen LogP contribution in [0.2, 0.25) is 5.15 Å². The van der Waals surface area contributed by atoms with Gasteiger partial charge >= 0.3 is 5.97 Å². The zero-order valence-corrected chi connectivity index (χ0v) is 19.4. The van der Waals surface area contributed by atoms with Crippen molar-refractivity contribution in [1.29, 1.82) is 0 Å². The third kappa shape index (κ3) is 6.15. The molecule has 0 saturated heterocycles. The number of nitrogens with one attached hydrogen (secondary N) is 1. The summed E-state index contributed by atoms with van der Waals surface area (Å²) in [5.74, 6) is 0.403. The van der Waals surface area contributed by atoms with Crippen molar-refractivity contribution >= 4 is 28.9 Å². The number of pyridine rings is 1. The molecule has 4 rings (SSSR count). The highest BCUT2D eigenvalue weighted by Gasteiger charge is 2.06. The second kappa shape index (κ2) is 11.4. The van der Waals surface area contributed by atoms with Gasteiger partial charge in [-0.2, -0.15) is 0 Å². The molecule has 0 unspecified atom stereocenters. The van der Waals surface area contributed by atoms with Gasteiger partial charge in [0, 0.05) is 6.20 Å². The number of aromatic nitrogens is 2. The fraction of sp³-hybridized carbons (Fsp3) is 0.154. The molecule has 2 aromatic heterocycles. The highest BCUT2D eigenvalue weighted by Crippen LogP contribution is 2.18. The number of imidazole rings is 1. The van der Waals surface area contributed by atoms with Crippen LogP contribution in [0.1, 0.15) is 23.2 Å². The van der Waals surface area contributed by atoms with Gasteiger partial charge in [0.15, 0.2) is 0 Å². The number of hydroxylamine groups is 1. The average molecular weight is 478 g/mol. The molecule has 1 N–H and O–H groups in total. The van der Waals surface area contributed by atoms with Gasteiger partial charge in [-0.25, -0.2) is 4.98 Å². The van der Waals surface area contributed by atoms with Crippen LogP contribution >= 0.6 is 11.6 Å². The van der Waals surface area contributed by atoms with Gasteiger partial charge in [0.2, 0.25) is 0 Å². The van der Waals surface area contributed by atoms with E-state index in [1.807, 2.05) is 83.4 Å². The molecule has 0 aliphatic rings. The summed E-state index contributed by atoms with van der Waals surface area (Å²) < 4.78 is 12.4. The third-order valence-corrected chi connectivity index (χ3v) is 5.32. The third-order valence-electron chi connectivity index (χ3n) is 5.01. The minimum Gasteiger partial charge on any atom is -0.487 e. The molecule has 2 aromatic carbocycles. The molecule has 7 nitrogen and oxygen atoms in total. The second-order valence-corrected chi connectivity index (χ2v) is 7.78. The molecule has 0 spiro atoms. The van der Waals surface area contributed by atoms with Crippen molar-refractivity contribution in [3.63, 3.8) is 0 Å². The number of carbonyl (C=O) groups excluding carboxylic acids is 1. The Labute approximate surface area is 202 Å². The SMILES string of the molecule is COC(=O)CC=C(NOCc1ccc(OCc2cn3c(Cl)cccc3n2)cc1)c1ccccc1. The van der Waals surface area contributed by atoms with Gasteiger partial charge in [-0.15, -0.1) is 0 Å². The molecule has 0 radical (unpaired) electrons. The van der Waals surface area contributed by atoms with Crippen LogP contribution in [0.25, 0.3) is 11.3 Å². The Morgan fingerprint density at radius 2 is 1.82 bits per heavy atom. The first-order valence-corrected chi connectivity index (χ1v) is 11.0. The molecule has 0 amide bonds. The highest BCUT2D eigenvalue weighted by molar-refractivity contribution is 6.29. The molecule has 8 heteroatoms. The highest BCUT2D eigenvalue weighted by atomic mass is 35.5. The van der Waals surface area contributed by atoms with Crippen LogP contribution in [0, 0.1) is 0 Å². The lowest BCUT2D eigenvalue weighted by Gasteiger charge is -2.12. The van der Waals surface area contributed by atoms with Crippen molar-refractivity contribution in [2.45, 2.75) is 19.6 Å². The number of benzene rings is 2. The standard InChI is InChI=1S/C26H24ClN3O4/c1-32-26(31)15-14-23(20-6-3-2-4-7-20)29-34-17-19-10-12-22(13-11-19)33-18-21-16-30-24(27)8-5-9-25(30)28-21/h2-14,16,29H,15,17-18H2,1H3. The summed E-state index contributed by atoms with van der Waals surface area (Å²) in [5, 5.41) is 0.602. The van der Waals surface area contributed by atoms with Gasteiger partial charge < -0.3 is 9.47 Å². The van der Waals surface area contributed by atoms with E-state index in [0.29, 0.717) is 24.1 Å². The monoisotopic (exact) mass is 477 g/mol. The number of hydrogen-bond acceptors (Lipinski definition) is 6. The van der Waals surface area contributed by atoms with E-state index in [9.17, 15) is 4.79 Å². The lowest BCUT2D eigenvalue weighted by molar-refractivity contribution is -0.139. The molecular formula is C26H24ClN3O4. The van der Waals surface area contributed by atoms with Gasteiger partial charge in [-0.3, -0.25) is 19.5 Å². The number of ether oxygens (including phenoxy) is 2. The van der Waals surface area contributed by atoms with Crippen LogP contribution in [0.4, 0.5) is 0 Å². The summed E-state index contributed by atoms with van der Waals surface area (Å²) in [5.41, 5.74) is 7.07. The van der Waals surface area contributed by atoms with Crippen molar-refractivity contribution in [3.05, 3.63) is 107 Å². The molecule has 0 aliphatic carbocycles. The van der Waals surface area contributed by atoms with Crippen molar-refractivity contribution in [1.82, 2.24) is 14.9 Å². The van der Waals surface area contributed by atoms with Crippen molar-refractivity contribution in [3.8, 4) is 5.75 Å². The molecule has 0 saturated carbocycles. The Hall–Kier alpha value is -3.81. The summed E-state index contributed by atoms with van der Waals surface area (Å²) >= 11 is 6.18. The molecule has 0 aliphatic heterocycles. The van der Waals surface area contributed by atoms with Crippen LogP contribution in [0.3, 0.4) is 0 Å². The van der Waals surface area contributed by atoms with E-state index in [2.05, 4.69) is 10.5 Å². The zero-order valence-electron chi connectivity index (χ0n) is 18.6. The Morgan fingerprint density at radius 3 is 2.56 bits per heavy atom. The normalized spacial score (nSPS) is 11.4. The fourth-order valence-electron chi connectivity index (χ4n) is 3.24. The van der Waals surface area contributed by atoms with Crippen LogP contribution in [-0.4, -0.2) is 22.5 Å².